The number of carbonyl (C=O) groups excluding carboxylic acids is 1. The predicted molar refractivity (Wildman–Crippen MR) is 80.0 cm³/mol. The van der Waals surface area contributed by atoms with Crippen LogP contribution in [-0.4, -0.2) is 10.8 Å². The highest BCUT2D eigenvalue weighted by atomic mass is 35.5. The number of benzene rings is 1. The van der Waals surface area contributed by atoms with Crippen molar-refractivity contribution in [2.45, 2.75) is 11.2 Å². The molecule has 0 atom stereocenters. The maximum absolute atomic E-state index is 12.5. The Morgan fingerprint density at radius 1 is 1.23 bits per heavy atom. The van der Waals surface area contributed by atoms with Crippen LogP contribution in [0.2, 0.25) is 5.02 Å². The topological polar surface area (TPSA) is 30.0 Å². The number of allylic oxidation sites excluding steroid dienone is 1. The number of hydrogen-bond acceptors (Lipinski definition) is 3. The van der Waals surface area contributed by atoms with E-state index in [1.807, 2.05) is 0 Å². The van der Waals surface area contributed by atoms with Crippen molar-refractivity contribution >= 4 is 29.1 Å². The van der Waals surface area contributed by atoms with Gasteiger partial charge in [-0.25, -0.2) is 4.98 Å². The Morgan fingerprint density at radius 2 is 1.91 bits per heavy atom. The van der Waals surface area contributed by atoms with Crippen LogP contribution in [0.15, 0.2) is 59.1 Å². The highest BCUT2D eigenvalue weighted by Crippen LogP contribution is 2.33. The molecule has 0 saturated heterocycles. The van der Waals surface area contributed by atoms with Crippen molar-refractivity contribution in [2.75, 3.05) is 0 Å². The molecular formula is C15H9ClF3NOS. The van der Waals surface area contributed by atoms with Gasteiger partial charge in [-0.2, -0.15) is 13.2 Å². The average Bonchev–Trinajstić information content (AvgIpc) is 2.48. The molecule has 0 aliphatic rings. The zero-order valence-electron chi connectivity index (χ0n) is 11.0. The van der Waals surface area contributed by atoms with Gasteiger partial charge in [0.1, 0.15) is 5.03 Å². The summed E-state index contributed by atoms with van der Waals surface area (Å²) in [7, 11) is 0. The van der Waals surface area contributed by atoms with E-state index in [0.717, 1.165) is 17.8 Å². The second kappa shape index (κ2) is 6.98. The molecule has 0 N–H and O–H groups in total. The zero-order valence-corrected chi connectivity index (χ0v) is 12.5. The first kappa shape index (κ1) is 16.6. The third-order valence-electron chi connectivity index (χ3n) is 2.59. The summed E-state index contributed by atoms with van der Waals surface area (Å²) < 4.78 is 37.4. The van der Waals surface area contributed by atoms with Crippen LogP contribution in [0.3, 0.4) is 0 Å². The fourth-order valence-electron chi connectivity index (χ4n) is 1.53. The van der Waals surface area contributed by atoms with E-state index in [-0.39, 0.29) is 15.8 Å². The van der Waals surface area contributed by atoms with Crippen molar-refractivity contribution in [1.29, 1.82) is 0 Å². The molecule has 0 amide bonds. The van der Waals surface area contributed by atoms with Crippen LogP contribution in [0.1, 0.15) is 15.9 Å². The number of ketones is 1. The van der Waals surface area contributed by atoms with Crippen LogP contribution in [0.25, 0.3) is 0 Å². The van der Waals surface area contributed by atoms with Gasteiger partial charge in [0.25, 0.3) is 0 Å². The molecule has 0 fully saturated rings. The summed E-state index contributed by atoms with van der Waals surface area (Å²) in [6.07, 6.45) is -2.46. The molecule has 0 aliphatic heterocycles. The van der Waals surface area contributed by atoms with Crippen molar-refractivity contribution < 1.29 is 18.0 Å². The highest BCUT2D eigenvalue weighted by molar-refractivity contribution is 8.02. The minimum Gasteiger partial charge on any atom is -0.289 e. The van der Waals surface area contributed by atoms with Crippen molar-refractivity contribution in [2.24, 2.45) is 0 Å². The summed E-state index contributed by atoms with van der Waals surface area (Å²) in [5.74, 6) is -0.212. The van der Waals surface area contributed by atoms with Crippen molar-refractivity contribution in [3.05, 3.63) is 70.2 Å². The van der Waals surface area contributed by atoms with Gasteiger partial charge in [0.05, 0.1) is 10.6 Å². The Balaban J connectivity index is 2.06. The molecule has 0 saturated carbocycles. The van der Waals surface area contributed by atoms with E-state index < -0.39 is 11.7 Å². The second-order valence-corrected chi connectivity index (χ2v) is 5.46. The molecule has 2 nitrogen and oxygen atoms in total. The van der Waals surface area contributed by atoms with E-state index in [2.05, 4.69) is 4.98 Å². The van der Waals surface area contributed by atoms with Gasteiger partial charge < -0.3 is 0 Å². The molecule has 22 heavy (non-hydrogen) atoms. The van der Waals surface area contributed by atoms with Gasteiger partial charge in [-0.05, 0) is 17.6 Å². The number of rotatable bonds is 4. The Kier molecular flexibility index (Phi) is 5.26. The number of thioether (sulfide) groups is 1. The number of nitrogens with zero attached hydrogens (tertiary/aromatic N) is 1. The molecule has 114 valence electrons. The molecule has 0 aliphatic carbocycles. The fourth-order valence-corrected chi connectivity index (χ4v) is 2.43. The summed E-state index contributed by atoms with van der Waals surface area (Å²) in [5, 5.41) is 1.53. The third kappa shape index (κ3) is 4.35. The Hall–Kier alpha value is -1.79. The molecule has 7 heteroatoms. The number of halogens is 4. The Morgan fingerprint density at radius 3 is 2.50 bits per heavy atom. The third-order valence-corrected chi connectivity index (χ3v) is 3.81. The van der Waals surface area contributed by atoms with Gasteiger partial charge in [-0.15, -0.1) is 0 Å². The molecule has 1 aromatic carbocycles. The van der Waals surface area contributed by atoms with E-state index in [9.17, 15) is 18.0 Å². The number of aromatic nitrogens is 1. The van der Waals surface area contributed by atoms with Crippen LogP contribution in [-0.2, 0) is 6.18 Å². The van der Waals surface area contributed by atoms with Crippen LogP contribution < -0.4 is 0 Å². The standard InChI is InChI=1S/C15H9ClF3NOS/c16-12-8-11(15(17,18)19)9-20-14(12)22-7-6-13(21)10-4-2-1-3-5-10/h1-9H. The van der Waals surface area contributed by atoms with Gasteiger partial charge in [-0.1, -0.05) is 53.7 Å². The lowest BCUT2D eigenvalue weighted by molar-refractivity contribution is -0.137. The largest absolute Gasteiger partial charge is 0.417 e. The van der Waals surface area contributed by atoms with Gasteiger partial charge in [0.2, 0.25) is 0 Å². The maximum Gasteiger partial charge on any atom is 0.417 e. The van der Waals surface area contributed by atoms with Crippen molar-refractivity contribution in [3.63, 3.8) is 0 Å². The van der Waals surface area contributed by atoms with E-state index in [0.29, 0.717) is 11.8 Å². The van der Waals surface area contributed by atoms with Crippen LogP contribution in [0.5, 0.6) is 0 Å². The molecular weight excluding hydrogens is 335 g/mol. The van der Waals surface area contributed by atoms with Crippen molar-refractivity contribution in [1.82, 2.24) is 4.98 Å². The van der Waals surface area contributed by atoms with Crippen LogP contribution in [0, 0.1) is 0 Å². The van der Waals surface area contributed by atoms with E-state index in [1.54, 1.807) is 30.3 Å². The number of alkyl halides is 3. The lowest BCUT2D eigenvalue weighted by atomic mass is 10.1. The van der Waals surface area contributed by atoms with Gasteiger partial charge >= 0.3 is 6.18 Å². The number of pyridine rings is 1. The van der Waals surface area contributed by atoms with E-state index >= 15 is 0 Å². The van der Waals surface area contributed by atoms with E-state index in [4.69, 9.17) is 11.6 Å². The first-order valence-electron chi connectivity index (χ1n) is 6.03. The summed E-state index contributed by atoms with van der Waals surface area (Å²) in [4.78, 5) is 15.5. The predicted octanol–water partition coefficient (Wildman–Crippen LogP) is 5.24. The SMILES string of the molecule is O=C(C=CSc1ncc(C(F)(F)F)cc1Cl)c1ccccc1. The molecule has 0 unspecified atom stereocenters. The Labute approximate surface area is 134 Å². The molecule has 0 radical (unpaired) electrons. The van der Waals surface area contributed by atoms with Crippen LogP contribution >= 0.6 is 23.4 Å². The first-order valence-corrected chi connectivity index (χ1v) is 7.29. The van der Waals surface area contributed by atoms with Gasteiger partial charge in [0, 0.05) is 11.8 Å². The average molecular weight is 344 g/mol. The number of carbonyl (C=O) groups is 1. The lowest BCUT2D eigenvalue weighted by Crippen LogP contribution is -2.05. The zero-order chi connectivity index (χ0) is 16.2. The van der Waals surface area contributed by atoms with Crippen LogP contribution in [0.4, 0.5) is 13.2 Å². The maximum atomic E-state index is 12.5. The quantitative estimate of drug-likeness (QED) is 0.432. The molecule has 1 heterocycles. The number of hydrogen-bond donors (Lipinski definition) is 0. The van der Waals surface area contributed by atoms with Crippen molar-refractivity contribution in [3.8, 4) is 0 Å². The normalized spacial score (nSPS) is 11.8. The highest BCUT2D eigenvalue weighted by Gasteiger charge is 2.31. The molecule has 2 aromatic rings. The monoisotopic (exact) mass is 343 g/mol. The summed E-state index contributed by atoms with van der Waals surface area (Å²) in [5.41, 5.74) is -0.392. The first-order chi connectivity index (χ1) is 10.4. The van der Waals surface area contributed by atoms with E-state index in [1.165, 1.54) is 11.5 Å². The fraction of sp³-hybridized carbons (Fsp3) is 0.0667. The summed E-state index contributed by atoms with van der Waals surface area (Å²) in [6.45, 7) is 0. The Bertz CT molecular complexity index is 702. The minimum atomic E-state index is -4.49. The minimum absolute atomic E-state index is 0.114. The smallest absolute Gasteiger partial charge is 0.289 e. The lowest BCUT2D eigenvalue weighted by Gasteiger charge is -2.07. The van der Waals surface area contributed by atoms with Gasteiger partial charge in [-0.3, -0.25) is 4.79 Å². The summed E-state index contributed by atoms with van der Waals surface area (Å²) >= 11 is 6.74. The molecule has 2 rings (SSSR count). The molecule has 1 aromatic heterocycles. The molecule has 0 bridgehead atoms. The second-order valence-electron chi connectivity index (χ2n) is 4.16. The summed E-state index contributed by atoms with van der Waals surface area (Å²) in [6, 6.07) is 9.41. The molecule has 0 spiro atoms. The van der Waals surface area contributed by atoms with Gasteiger partial charge in [0.15, 0.2) is 5.78 Å².